The molecule has 2 unspecified atom stereocenters. The third-order valence-electron chi connectivity index (χ3n) is 2.46. The van der Waals surface area contributed by atoms with E-state index in [1.54, 1.807) is 0 Å². The minimum Gasteiger partial charge on any atom is -0.390 e. The molecule has 0 saturated carbocycles. The Morgan fingerprint density at radius 2 is 2.57 bits per heavy atom. The Morgan fingerprint density at radius 3 is 3.14 bits per heavy atom. The summed E-state index contributed by atoms with van der Waals surface area (Å²) in [5.74, 6) is 0. The van der Waals surface area contributed by atoms with Gasteiger partial charge in [-0.1, -0.05) is 11.6 Å². The van der Waals surface area contributed by atoms with Crippen LogP contribution >= 0.6 is 22.9 Å². The Kier molecular flexibility index (Phi) is 3.44. The SMILES string of the molecule is OC(Cc1csc(Cl)c1)C1CCCO1. The van der Waals surface area contributed by atoms with Crippen molar-refractivity contribution in [3.05, 3.63) is 21.3 Å². The van der Waals surface area contributed by atoms with E-state index < -0.39 is 0 Å². The maximum atomic E-state index is 9.85. The fourth-order valence-electron chi connectivity index (χ4n) is 1.73. The zero-order chi connectivity index (χ0) is 9.97. The molecular formula is C10H13ClO2S. The summed E-state index contributed by atoms with van der Waals surface area (Å²) in [6.07, 6.45) is 2.32. The second kappa shape index (κ2) is 4.62. The van der Waals surface area contributed by atoms with E-state index in [2.05, 4.69) is 0 Å². The van der Waals surface area contributed by atoms with Crippen molar-refractivity contribution in [2.24, 2.45) is 0 Å². The molecule has 0 aliphatic carbocycles. The molecule has 0 amide bonds. The third kappa shape index (κ3) is 2.48. The molecule has 2 atom stereocenters. The number of aliphatic hydroxyl groups is 1. The van der Waals surface area contributed by atoms with Gasteiger partial charge in [-0.05, 0) is 29.9 Å². The van der Waals surface area contributed by atoms with Gasteiger partial charge in [0, 0.05) is 13.0 Å². The summed E-state index contributed by atoms with van der Waals surface area (Å²) in [5.41, 5.74) is 1.10. The largest absolute Gasteiger partial charge is 0.390 e. The van der Waals surface area contributed by atoms with Crippen molar-refractivity contribution in [1.82, 2.24) is 0 Å². The van der Waals surface area contributed by atoms with Gasteiger partial charge in [0.05, 0.1) is 16.5 Å². The molecule has 0 spiro atoms. The van der Waals surface area contributed by atoms with Gasteiger partial charge < -0.3 is 9.84 Å². The van der Waals surface area contributed by atoms with Gasteiger partial charge in [-0.2, -0.15) is 0 Å². The smallest absolute Gasteiger partial charge is 0.0931 e. The Hall–Kier alpha value is -0.0900. The highest BCUT2D eigenvalue weighted by atomic mass is 35.5. The van der Waals surface area contributed by atoms with Gasteiger partial charge in [-0.15, -0.1) is 11.3 Å². The van der Waals surface area contributed by atoms with Gasteiger partial charge in [-0.25, -0.2) is 0 Å². The average Bonchev–Trinajstić information content (AvgIpc) is 2.75. The number of aliphatic hydroxyl groups excluding tert-OH is 1. The zero-order valence-electron chi connectivity index (χ0n) is 7.78. The predicted octanol–water partition coefficient (Wildman–Crippen LogP) is 2.48. The van der Waals surface area contributed by atoms with Crippen molar-refractivity contribution in [2.45, 2.75) is 31.5 Å². The minimum absolute atomic E-state index is 0.0219. The van der Waals surface area contributed by atoms with E-state index in [0.717, 1.165) is 29.3 Å². The summed E-state index contributed by atoms with van der Waals surface area (Å²) in [6, 6.07) is 1.91. The lowest BCUT2D eigenvalue weighted by Gasteiger charge is -2.16. The predicted molar refractivity (Wildman–Crippen MR) is 58.0 cm³/mol. The number of hydrogen-bond donors (Lipinski definition) is 1. The molecule has 1 N–H and O–H groups in total. The summed E-state index contributed by atoms with van der Waals surface area (Å²) in [4.78, 5) is 0. The lowest BCUT2D eigenvalue weighted by Crippen LogP contribution is -2.27. The fourth-order valence-corrected chi connectivity index (χ4v) is 2.65. The Bertz CT molecular complexity index is 294. The molecule has 0 bridgehead atoms. The normalized spacial score (nSPS) is 24.0. The lowest BCUT2D eigenvalue weighted by atomic mass is 10.0. The lowest BCUT2D eigenvalue weighted by molar-refractivity contribution is -0.000727. The van der Waals surface area contributed by atoms with Gasteiger partial charge in [0.2, 0.25) is 0 Å². The first-order valence-electron chi connectivity index (χ1n) is 4.78. The summed E-state index contributed by atoms with van der Waals surface area (Å²) in [7, 11) is 0. The Morgan fingerprint density at radius 1 is 1.71 bits per heavy atom. The molecule has 1 aromatic rings. The van der Waals surface area contributed by atoms with E-state index in [1.165, 1.54) is 11.3 Å². The molecule has 78 valence electrons. The van der Waals surface area contributed by atoms with Crippen molar-refractivity contribution in [3.8, 4) is 0 Å². The van der Waals surface area contributed by atoms with E-state index in [9.17, 15) is 5.11 Å². The van der Waals surface area contributed by atoms with E-state index in [-0.39, 0.29) is 12.2 Å². The first kappa shape index (κ1) is 10.4. The zero-order valence-corrected chi connectivity index (χ0v) is 9.35. The van der Waals surface area contributed by atoms with E-state index >= 15 is 0 Å². The molecule has 0 radical (unpaired) electrons. The van der Waals surface area contributed by atoms with Crippen molar-refractivity contribution < 1.29 is 9.84 Å². The topological polar surface area (TPSA) is 29.5 Å². The molecular weight excluding hydrogens is 220 g/mol. The van der Waals surface area contributed by atoms with Gasteiger partial charge in [0.25, 0.3) is 0 Å². The van der Waals surface area contributed by atoms with Gasteiger partial charge in [0.15, 0.2) is 0 Å². The molecule has 1 aliphatic heterocycles. The van der Waals surface area contributed by atoms with E-state index in [1.807, 2.05) is 11.4 Å². The Labute approximate surface area is 92.5 Å². The second-order valence-electron chi connectivity index (χ2n) is 3.58. The molecule has 1 fully saturated rings. The Balaban J connectivity index is 1.90. The number of hydrogen-bond acceptors (Lipinski definition) is 3. The maximum absolute atomic E-state index is 9.85. The van der Waals surface area contributed by atoms with Crippen LogP contribution in [0.2, 0.25) is 4.34 Å². The number of halogens is 1. The van der Waals surface area contributed by atoms with Crippen molar-refractivity contribution >= 4 is 22.9 Å². The van der Waals surface area contributed by atoms with Crippen LogP contribution in [0.5, 0.6) is 0 Å². The summed E-state index contributed by atoms with van der Waals surface area (Å²) >= 11 is 7.31. The second-order valence-corrected chi connectivity index (χ2v) is 5.12. The van der Waals surface area contributed by atoms with Gasteiger partial charge in [-0.3, -0.25) is 0 Å². The van der Waals surface area contributed by atoms with Crippen LogP contribution in [0.4, 0.5) is 0 Å². The molecule has 1 saturated heterocycles. The standard InChI is InChI=1S/C10H13ClO2S/c11-10-5-7(6-14-10)4-8(12)9-2-1-3-13-9/h5-6,8-9,12H,1-4H2. The molecule has 1 aliphatic rings. The average molecular weight is 233 g/mol. The quantitative estimate of drug-likeness (QED) is 0.868. The highest BCUT2D eigenvalue weighted by molar-refractivity contribution is 7.14. The molecule has 4 heteroatoms. The molecule has 1 aromatic heterocycles. The van der Waals surface area contributed by atoms with Crippen LogP contribution in [0.1, 0.15) is 18.4 Å². The first-order chi connectivity index (χ1) is 6.75. The number of thiophene rings is 1. The van der Waals surface area contributed by atoms with E-state index in [4.69, 9.17) is 16.3 Å². The summed E-state index contributed by atoms with van der Waals surface area (Å²) in [5, 5.41) is 11.8. The molecule has 2 heterocycles. The van der Waals surface area contributed by atoms with Crippen LogP contribution in [0.3, 0.4) is 0 Å². The molecule has 2 rings (SSSR count). The highest BCUT2D eigenvalue weighted by Gasteiger charge is 2.24. The van der Waals surface area contributed by atoms with Crippen LogP contribution in [0.15, 0.2) is 11.4 Å². The van der Waals surface area contributed by atoms with Gasteiger partial charge >= 0.3 is 0 Å². The van der Waals surface area contributed by atoms with Crippen molar-refractivity contribution in [2.75, 3.05) is 6.61 Å². The van der Waals surface area contributed by atoms with Crippen LogP contribution < -0.4 is 0 Å². The fraction of sp³-hybridized carbons (Fsp3) is 0.600. The highest BCUT2D eigenvalue weighted by Crippen LogP contribution is 2.23. The maximum Gasteiger partial charge on any atom is 0.0931 e. The van der Waals surface area contributed by atoms with Crippen molar-refractivity contribution in [1.29, 1.82) is 0 Å². The number of rotatable bonds is 3. The van der Waals surface area contributed by atoms with Crippen LogP contribution in [-0.2, 0) is 11.2 Å². The monoisotopic (exact) mass is 232 g/mol. The number of ether oxygens (including phenoxy) is 1. The minimum atomic E-state index is -0.386. The first-order valence-corrected chi connectivity index (χ1v) is 6.04. The summed E-state index contributed by atoms with van der Waals surface area (Å²) < 4.78 is 6.19. The third-order valence-corrected chi connectivity index (χ3v) is 3.60. The van der Waals surface area contributed by atoms with Crippen LogP contribution in [-0.4, -0.2) is 23.9 Å². The summed E-state index contributed by atoms with van der Waals surface area (Å²) in [6.45, 7) is 0.784. The van der Waals surface area contributed by atoms with E-state index in [0.29, 0.717) is 6.42 Å². The van der Waals surface area contributed by atoms with Gasteiger partial charge in [0.1, 0.15) is 0 Å². The molecule has 14 heavy (non-hydrogen) atoms. The molecule has 2 nitrogen and oxygen atoms in total. The van der Waals surface area contributed by atoms with Crippen LogP contribution in [0.25, 0.3) is 0 Å². The van der Waals surface area contributed by atoms with Crippen molar-refractivity contribution in [3.63, 3.8) is 0 Å². The molecule has 0 aromatic carbocycles. The van der Waals surface area contributed by atoms with Crippen LogP contribution in [0, 0.1) is 0 Å².